The normalized spacial score (nSPS) is 11.5. The number of aliphatic hydroxyl groups is 1. The smallest absolute Gasteiger partial charge is 0.117 e. The molecule has 0 saturated heterocycles. The first-order valence-corrected chi connectivity index (χ1v) is 5.47. The van der Waals surface area contributed by atoms with Crippen molar-refractivity contribution in [2.45, 2.75) is 6.61 Å². The molecule has 0 aliphatic carbocycles. The second kappa shape index (κ2) is 5.33. The van der Waals surface area contributed by atoms with E-state index in [1.807, 2.05) is 0 Å². The van der Waals surface area contributed by atoms with Gasteiger partial charge in [-0.25, -0.2) is 0 Å². The molecule has 4 heteroatoms. The van der Waals surface area contributed by atoms with E-state index in [9.17, 15) is 10.2 Å². The molecule has 2 rings (SSSR count). The van der Waals surface area contributed by atoms with Gasteiger partial charge in [0.05, 0.1) is 6.61 Å². The van der Waals surface area contributed by atoms with Crippen LogP contribution in [0.4, 0.5) is 0 Å². The molecule has 0 spiro atoms. The Morgan fingerprint density at radius 3 is 2.50 bits per heavy atom. The number of hydrogen-bond donors (Lipinski definition) is 3. The van der Waals surface area contributed by atoms with Crippen LogP contribution in [0.5, 0.6) is 5.75 Å². The number of aromatic hydroxyl groups is 1. The predicted molar refractivity (Wildman–Crippen MR) is 67.9 cm³/mol. The molecular formula is C14H13NO3. The van der Waals surface area contributed by atoms with Gasteiger partial charge in [0.15, 0.2) is 0 Å². The molecule has 2 aromatic rings. The average Bonchev–Trinajstić information content (AvgIpc) is 2.40. The van der Waals surface area contributed by atoms with Gasteiger partial charge in [-0.05, 0) is 17.7 Å². The van der Waals surface area contributed by atoms with Gasteiger partial charge in [0, 0.05) is 11.1 Å². The number of hydrogen-bond acceptors (Lipinski definition) is 4. The first-order valence-electron chi connectivity index (χ1n) is 5.47. The van der Waals surface area contributed by atoms with Crippen molar-refractivity contribution in [2.75, 3.05) is 0 Å². The summed E-state index contributed by atoms with van der Waals surface area (Å²) in [4.78, 5) is 0. The van der Waals surface area contributed by atoms with Crippen molar-refractivity contribution >= 4 is 5.71 Å². The SMILES string of the molecule is OCc1ccccc1/C(=N\O)c1cccc(O)c1. The molecule has 2 aromatic carbocycles. The number of rotatable bonds is 3. The fourth-order valence-corrected chi connectivity index (χ4v) is 1.81. The van der Waals surface area contributed by atoms with Crippen molar-refractivity contribution in [1.29, 1.82) is 0 Å². The van der Waals surface area contributed by atoms with Crippen LogP contribution >= 0.6 is 0 Å². The van der Waals surface area contributed by atoms with Crippen molar-refractivity contribution in [3.8, 4) is 5.75 Å². The number of nitrogens with zero attached hydrogens (tertiary/aromatic N) is 1. The molecular weight excluding hydrogens is 230 g/mol. The van der Waals surface area contributed by atoms with Crippen LogP contribution in [-0.4, -0.2) is 21.1 Å². The van der Waals surface area contributed by atoms with E-state index in [4.69, 9.17) is 5.21 Å². The summed E-state index contributed by atoms with van der Waals surface area (Å²) in [5.74, 6) is 0.0927. The van der Waals surface area contributed by atoms with Crippen LogP contribution in [-0.2, 0) is 6.61 Å². The largest absolute Gasteiger partial charge is 0.508 e. The van der Waals surface area contributed by atoms with Crippen molar-refractivity contribution in [2.24, 2.45) is 5.16 Å². The Labute approximate surface area is 104 Å². The second-order valence-electron chi connectivity index (χ2n) is 3.81. The van der Waals surface area contributed by atoms with Crippen LogP contribution in [0.2, 0.25) is 0 Å². The summed E-state index contributed by atoms with van der Waals surface area (Å²) in [7, 11) is 0. The highest BCUT2D eigenvalue weighted by molar-refractivity contribution is 6.13. The van der Waals surface area contributed by atoms with E-state index >= 15 is 0 Å². The van der Waals surface area contributed by atoms with Crippen LogP contribution in [0.1, 0.15) is 16.7 Å². The van der Waals surface area contributed by atoms with Gasteiger partial charge >= 0.3 is 0 Å². The molecule has 0 bridgehead atoms. The summed E-state index contributed by atoms with van der Waals surface area (Å²) in [6, 6.07) is 13.5. The number of phenolic OH excluding ortho intramolecular Hbond substituents is 1. The quantitative estimate of drug-likeness (QED) is 0.439. The molecule has 0 heterocycles. The number of phenols is 1. The van der Waals surface area contributed by atoms with Crippen molar-refractivity contribution < 1.29 is 15.4 Å². The standard InChI is InChI=1S/C14H13NO3/c16-9-11-4-1-2-7-13(11)14(15-18)10-5-3-6-12(17)8-10/h1-8,16-18H,9H2/b15-14-. The van der Waals surface area contributed by atoms with Crippen molar-refractivity contribution in [3.63, 3.8) is 0 Å². The Morgan fingerprint density at radius 1 is 1.06 bits per heavy atom. The molecule has 4 nitrogen and oxygen atoms in total. The van der Waals surface area contributed by atoms with E-state index in [1.165, 1.54) is 12.1 Å². The van der Waals surface area contributed by atoms with E-state index in [0.29, 0.717) is 22.4 Å². The Balaban J connectivity index is 2.53. The lowest BCUT2D eigenvalue weighted by Crippen LogP contribution is -2.07. The van der Waals surface area contributed by atoms with Crippen LogP contribution in [0, 0.1) is 0 Å². The van der Waals surface area contributed by atoms with Gasteiger partial charge in [-0.15, -0.1) is 0 Å². The second-order valence-corrected chi connectivity index (χ2v) is 3.81. The molecule has 0 aromatic heterocycles. The fourth-order valence-electron chi connectivity index (χ4n) is 1.81. The van der Waals surface area contributed by atoms with Crippen LogP contribution in [0.25, 0.3) is 0 Å². The van der Waals surface area contributed by atoms with Gasteiger partial charge in [0.2, 0.25) is 0 Å². The lowest BCUT2D eigenvalue weighted by Gasteiger charge is -2.09. The Morgan fingerprint density at radius 2 is 1.83 bits per heavy atom. The van der Waals surface area contributed by atoms with Crippen molar-refractivity contribution in [3.05, 3.63) is 65.2 Å². The molecule has 0 radical (unpaired) electrons. The molecule has 0 saturated carbocycles. The zero-order valence-corrected chi connectivity index (χ0v) is 9.61. The highest BCUT2D eigenvalue weighted by Gasteiger charge is 2.12. The maximum atomic E-state index is 9.44. The van der Waals surface area contributed by atoms with Crippen LogP contribution < -0.4 is 0 Å². The van der Waals surface area contributed by atoms with Gasteiger partial charge in [0.25, 0.3) is 0 Å². The summed E-state index contributed by atoms with van der Waals surface area (Å²) in [6.07, 6.45) is 0. The highest BCUT2D eigenvalue weighted by Crippen LogP contribution is 2.18. The first kappa shape index (κ1) is 12.1. The third-order valence-electron chi connectivity index (χ3n) is 2.66. The summed E-state index contributed by atoms with van der Waals surface area (Å²) in [6.45, 7) is -0.145. The van der Waals surface area contributed by atoms with Gasteiger partial charge < -0.3 is 15.4 Å². The average molecular weight is 243 g/mol. The zero-order valence-electron chi connectivity index (χ0n) is 9.61. The van der Waals surface area contributed by atoms with Gasteiger partial charge in [-0.1, -0.05) is 41.6 Å². The Kier molecular flexibility index (Phi) is 3.60. The van der Waals surface area contributed by atoms with E-state index < -0.39 is 0 Å². The molecule has 0 aliphatic heterocycles. The van der Waals surface area contributed by atoms with Crippen LogP contribution in [0.3, 0.4) is 0 Å². The van der Waals surface area contributed by atoms with Crippen LogP contribution in [0.15, 0.2) is 53.7 Å². The molecule has 0 atom stereocenters. The van der Waals surface area contributed by atoms with E-state index in [-0.39, 0.29) is 12.4 Å². The molecule has 92 valence electrons. The molecule has 0 fully saturated rings. The molecule has 18 heavy (non-hydrogen) atoms. The zero-order chi connectivity index (χ0) is 13.0. The van der Waals surface area contributed by atoms with E-state index in [2.05, 4.69) is 5.16 Å². The third-order valence-corrected chi connectivity index (χ3v) is 2.66. The Bertz CT molecular complexity index is 579. The summed E-state index contributed by atoms with van der Waals surface area (Å²) >= 11 is 0. The highest BCUT2D eigenvalue weighted by atomic mass is 16.4. The topological polar surface area (TPSA) is 73.1 Å². The lowest BCUT2D eigenvalue weighted by atomic mass is 9.98. The van der Waals surface area contributed by atoms with Gasteiger partial charge in [0.1, 0.15) is 11.5 Å². The van der Waals surface area contributed by atoms with Crippen molar-refractivity contribution in [1.82, 2.24) is 0 Å². The van der Waals surface area contributed by atoms with E-state index in [0.717, 1.165) is 0 Å². The lowest BCUT2D eigenvalue weighted by molar-refractivity contribution is 0.281. The summed E-state index contributed by atoms with van der Waals surface area (Å²) < 4.78 is 0. The molecule has 0 aliphatic rings. The van der Waals surface area contributed by atoms with Gasteiger partial charge in [-0.3, -0.25) is 0 Å². The maximum absolute atomic E-state index is 9.44. The number of oxime groups is 1. The summed E-state index contributed by atoms with van der Waals surface area (Å²) in [5.41, 5.74) is 2.19. The minimum absolute atomic E-state index is 0.0927. The number of aliphatic hydroxyl groups excluding tert-OH is 1. The minimum atomic E-state index is -0.145. The predicted octanol–water partition coefficient (Wildman–Crippen LogP) is 2.11. The number of benzene rings is 2. The first-order chi connectivity index (χ1) is 8.76. The monoisotopic (exact) mass is 243 g/mol. The van der Waals surface area contributed by atoms with Gasteiger partial charge in [-0.2, -0.15) is 0 Å². The minimum Gasteiger partial charge on any atom is -0.508 e. The Hall–Kier alpha value is -2.33. The van der Waals surface area contributed by atoms with E-state index in [1.54, 1.807) is 36.4 Å². The molecule has 0 unspecified atom stereocenters. The third kappa shape index (κ3) is 2.33. The molecule has 3 N–H and O–H groups in total. The fraction of sp³-hybridized carbons (Fsp3) is 0.0714. The maximum Gasteiger partial charge on any atom is 0.117 e. The summed E-state index contributed by atoms with van der Waals surface area (Å²) in [5, 5.41) is 31.2. The molecule has 0 amide bonds.